The Labute approximate surface area is 119 Å². The van der Waals surface area contributed by atoms with Crippen molar-refractivity contribution in [3.8, 4) is 0 Å². The van der Waals surface area contributed by atoms with E-state index in [1.807, 2.05) is 0 Å². The number of likely N-dealkylation sites (tertiary alicyclic amines) is 1. The van der Waals surface area contributed by atoms with Gasteiger partial charge in [0.2, 0.25) is 0 Å². The van der Waals surface area contributed by atoms with Crippen molar-refractivity contribution < 1.29 is 9.53 Å². The first kappa shape index (κ1) is 14.4. The normalized spacial score (nSPS) is 20.2. The third-order valence-electron chi connectivity index (χ3n) is 3.65. The summed E-state index contributed by atoms with van der Waals surface area (Å²) in [4.78, 5) is 14.2. The molecule has 1 fully saturated rings. The van der Waals surface area contributed by atoms with Crippen LogP contribution in [0.15, 0.2) is 24.3 Å². The third-order valence-corrected chi connectivity index (χ3v) is 3.98. The van der Waals surface area contributed by atoms with E-state index >= 15 is 0 Å². The molecule has 2 rings (SSSR count). The fourth-order valence-electron chi connectivity index (χ4n) is 2.45. The van der Waals surface area contributed by atoms with Crippen molar-refractivity contribution >= 4 is 17.6 Å². The van der Waals surface area contributed by atoms with Crippen LogP contribution in [0.1, 0.15) is 36.5 Å². The number of rotatable bonds is 4. The van der Waals surface area contributed by atoms with Crippen molar-refractivity contribution in [1.29, 1.82) is 0 Å². The van der Waals surface area contributed by atoms with Gasteiger partial charge in [-0.15, -0.1) is 0 Å². The number of halogens is 1. The van der Waals surface area contributed by atoms with E-state index in [9.17, 15) is 4.79 Å². The lowest BCUT2D eigenvalue weighted by Gasteiger charge is -2.32. The van der Waals surface area contributed by atoms with Crippen molar-refractivity contribution in [2.45, 2.75) is 32.2 Å². The highest BCUT2D eigenvalue weighted by Gasteiger charge is 2.18. The summed E-state index contributed by atoms with van der Waals surface area (Å²) in [6, 6.07) is 7.57. The predicted molar refractivity (Wildman–Crippen MR) is 76.6 cm³/mol. The zero-order valence-electron chi connectivity index (χ0n) is 11.3. The predicted octanol–water partition coefficient (Wildman–Crippen LogP) is 3.37. The molecule has 0 amide bonds. The molecule has 1 aliphatic heterocycles. The number of hydrogen-bond donors (Lipinski definition) is 0. The number of esters is 1. The maximum atomic E-state index is 11.9. The minimum Gasteiger partial charge on any atom is -0.461 e. The van der Waals surface area contributed by atoms with E-state index in [0.29, 0.717) is 23.2 Å². The van der Waals surface area contributed by atoms with Gasteiger partial charge in [0.05, 0.1) is 10.6 Å². The van der Waals surface area contributed by atoms with Crippen LogP contribution >= 0.6 is 11.6 Å². The minimum atomic E-state index is -0.338. The van der Waals surface area contributed by atoms with Gasteiger partial charge in [-0.2, -0.15) is 0 Å². The second kappa shape index (κ2) is 6.92. The van der Waals surface area contributed by atoms with Gasteiger partial charge in [-0.25, -0.2) is 4.79 Å². The van der Waals surface area contributed by atoms with Crippen molar-refractivity contribution in [2.75, 3.05) is 19.7 Å². The van der Waals surface area contributed by atoms with Crippen LogP contribution in [0.25, 0.3) is 0 Å². The van der Waals surface area contributed by atoms with Gasteiger partial charge >= 0.3 is 5.97 Å². The van der Waals surface area contributed by atoms with Crippen molar-refractivity contribution in [2.24, 2.45) is 0 Å². The van der Waals surface area contributed by atoms with Gasteiger partial charge in [-0.1, -0.05) is 30.2 Å². The molecule has 1 saturated heterocycles. The Bertz CT molecular complexity index is 436. The maximum Gasteiger partial charge on any atom is 0.339 e. The largest absolute Gasteiger partial charge is 0.461 e. The smallest absolute Gasteiger partial charge is 0.339 e. The molecule has 0 aromatic heterocycles. The van der Waals surface area contributed by atoms with E-state index in [-0.39, 0.29) is 5.97 Å². The van der Waals surface area contributed by atoms with Crippen LogP contribution in [0.2, 0.25) is 5.02 Å². The molecule has 1 atom stereocenters. The average Bonchev–Trinajstić information content (AvgIpc) is 2.41. The molecule has 0 bridgehead atoms. The summed E-state index contributed by atoms with van der Waals surface area (Å²) in [5, 5.41) is 0.443. The minimum absolute atomic E-state index is 0.338. The second-order valence-electron chi connectivity index (χ2n) is 5.00. The molecule has 0 spiro atoms. The van der Waals surface area contributed by atoms with E-state index in [1.54, 1.807) is 24.3 Å². The first-order chi connectivity index (χ1) is 9.18. The lowest BCUT2D eigenvalue weighted by atomic mass is 10.0. The number of hydrogen-bond acceptors (Lipinski definition) is 3. The molecule has 0 radical (unpaired) electrons. The quantitative estimate of drug-likeness (QED) is 0.793. The molecule has 1 aromatic rings. The highest BCUT2D eigenvalue weighted by molar-refractivity contribution is 6.33. The van der Waals surface area contributed by atoms with Gasteiger partial charge in [-0.05, 0) is 38.4 Å². The summed E-state index contributed by atoms with van der Waals surface area (Å²) in [7, 11) is 0. The van der Waals surface area contributed by atoms with Gasteiger partial charge in [0.25, 0.3) is 0 Å². The number of piperidine rings is 1. The summed E-state index contributed by atoms with van der Waals surface area (Å²) < 4.78 is 5.29. The molecule has 1 unspecified atom stereocenters. The van der Waals surface area contributed by atoms with E-state index in [4.69, 9.17) is 16.3 Å². The summed E-state index contributed by atoms with van der Waals surface area (Å²) in [5.41, 5.74) is 0.441. The number of carbonyl (C=O) groups excluding carboxylic acids is 1. The van der Waals surface area contributed by atoms with E-state index in [0.717, 1.165) is 13.1 Å². The summed E-state index contributed by atoms with van der Waals surface area (Å²) in [5.74, 6) is -0.338. The van der Waals surface area contributed by atoms with Crippen LogP contribution < -0.4 is 0 Å². The Morgan fingerprint density at radius 2 is 2.21 bits per heavy atom. The average molecular weight is 282 g/mol. The number of nitrogens with zero attached hydrogens (tertiary/aromatic N) is 1. The maximum absolute atomic E-state index is 11.9. The van der Waals surface area contributed by atoms with E-state index in [2.05, 4.69) is 11.8 Å². The molecular formula is C15H20ClNO2. The Morgan fingerprint density at radius 3 is 2.95 bits per heavy atom. The van der Waals surface area contributed by atoms with Gasteiger partial charge in [0.15, 0.2) is 0 Å². The fourth-order valence-corrected chi connectivity index (χ4v) is 2.66. The summed E-state index contributed by atoms with van der Waals surface area (Å²) in [6.45, 7) is 4.56. The van der Waals surface area contributed by atoms with Crippen LogP contribution in [0, 0.1) is 0 Å². The topological polar surface area (TPSA) is 29.5 Å². The molecule has 104 valence electrons. The molecule has 0 saturated carbocycles. The molecule has 4 heteroatoms. The monoisotopic (exact) mass is 281 g/mol. The molecule has 19 heavy (non-hydrogen) atoms. The first-order valence-corrected chi connectivity index (χ1v) is 7.22. The Balaban J connectivity index is 1.79. The zero-order valence-corrected chi connectivity index (χ0v) is 12.0. The van der Waals surface area contributed by atoms with Gasteiger partial charge in [0.1, 0.15) is 6.61 Å². The zero-order chi connectivity index (χ0) is 13.7. The van der Waals surface area contributed by atoms with Crippen LogP contribution in [-0.2, 0) is 4.74 Å². The number of ether oxygens (including phenoxy) is 1. The lowest BCUT2D eigenvalue weighted by molar-refractivity contribution is 0.0416. The molecule has 1 heterocycles. The van der Waals surface area contributed by atoms with E-state index < -0.39 is 0 Å². The number of benzene rings is 1. The van der Waals surface area contributed by atoms with Crippen molar-refractivity contribution in [1.82, 2.24) is 4.90 Å². The van der Waals surface area contributed by atoms with Gasteiger partial charge in [-0.3, -0.25) is 4.90 Å². The van der Waals surface area contributed by atoms with Gasteiger partial charge in [0, 0.05) is 12.6 Å². The first-order valence-electron chi connectivity index (χ1n) is 6.84. The van der Waals surface area contributed by atoms with E-state index in [1.165, 1.54) is 19.3 Å². The number of carbonyl (C=O) groups is 1. The Kier molecular flexibility index (Phi) is 5.23. The molecular weight excluding hydrogens is 262 g/mol. The van der Waals surface area contributed by atoms with Crippen LogP contribution in [0.5, 0.6) is 0 Å². The molecule has 1 aliphatic rings. The Morgan fingerprint density at radius 1 is 1.42 bits per heavy atom. The highest BCUT2D eigenvalue weighted by Crippen LogP contribution is 2.17. The molecule has 0 aliphatic carbocycles. The van der Waals surface area contributed by atoms with Crippen LogP contribution in [-0.4, -0.2) is 36.6 Å². The standard InChI is InChI=1S/C15H20ClNO2/c1-12-6-4-5-9-17(12)10-11-19-15(18)13-7-2-3-8-14(13)16/h2-3,7-8,12H,4-6,9-11H2,1H3. The SMILES string of the molecule is CC1CCCCN1CCOC(=O)c1ccccc1Cl. The third kappa shape index (κ3) is 3.95. The van der Waals surface area contributed by atoms with Gasteiger partial charge < -0.3 is 4.74 Å². The second-order valence-corrected chi connectivity index (χ2v) is 5.40. The molecule has 0 N–H and O–H groups in total. The summed E-state index contributed by atoms with van der Waals surface area (Å²) in [6.07, 6.45) is 3.78. The van der Waals surface area contributed by atoms with Crippen LogP contribution in [0.3, 0.4) is 0 Å². The molecule has 3 nitrogen and oxygen atoms in total. The molecule has 1 aromatic carbocycles. The van der Waals surface area contributed by atoms with Crippen LogP contribution in [0.4, 0.5) is 0 Å². The fraction of sp³-hybridized carbons (Fsp3) is 0.533. The van der Waals surface area contributed by atoms with Crippen molar-refractivity contribution in [3.63, 3.8) is 0 Å². The highest BCUT2D eigenvalue weighted by atomic mass is 35.5. The van der Waals surface area contributed by atoms with Crippen molar-refractivity contribution in [3.05, 3.63) is 34.9 Å². The summed E-state index contributed by atoms with van der Waals surface area (Å²) >= 11 is 5.96. The Hall–Kier alpha value is -1.06. The lowest BCUT2D eigenvalue weighted by Crippen LogP contribution is -2.39.